The van der Waals surface area contributed by atoms with Crippen molar-refractivity contribution in [1.29, 1.82) is 0 Å². The van der Waals surface area contributed by atoms with Crippen molar-refractivity contribution in [3.63, 3.8) is 0 Å². The Balaban J connectivity index is 3.92. The summed E-state index contributed by atoms with van der Waals surface area (Å²) in [4.78, 5) is 10.4. The first-order valence-corrected chi connectivity index (χ1v) is 9.52. The van der Waals surface area contributed by atoms with Gasteiger partial charge in [-0.25, -0.2) is 0 Å². The molecule has 0 bridgehead atoms. The van der Waals surface area contributed by atoms with Crippen molar-refractivity contribution in [3.05, 3.63) is 36.5 Å². The number of aliphatic hydroxyl groups is 2. The lowest BCUT2D eigenvalue weighted by Crippen LogP contribution is -2.20. The molecular formula is C21H36O4. The zero-order chi connectivity index (χ0) is 19.0. The largest absolute Gasteiger partial charge is 0.481 e. The highest BCUT2D eigenvalue weighted by atomic mass is 16.4. The van der Waals surface area contributed by atoms with Gasteiger partial charge >= 0.3 is 5.97 Å². The van der Waals surface area contributed by atoms with Crippen LogP contribution in [0.4, 0.5) is 0 Å². The maximum absolute atomic E-state index is 10.4. The molecule has 0 aliphatic heterocycles. The number of carbonyl (C=O) groups is 1. The van der Waals surface area contributed by atoms with E-state index < -0.39 is 17.7 Å². The van der Waals surface area contributed by atoms with E-state index in [4.69, 9.17) is 5.11 Å². The molecule has 0 heterocycles. The Kier molecular flexibility index (Phi) is 14.1. The summed E-state index contributed by atoms with van der Waals surface area (Å²) in [6, 6.07) is 0. The zero-order valence-electron chi connectivity index (χ0n) is 15.9. The van der Waals surface area contributed by atoms with Gasteiger partial charge in [0.1, 0.15) is 0 Å². The van der Waals surface area contributed by atoms with Crippen molar-refractivity contribution >= 4 is 5.97 Å². The van der Waals surface area contributed by atoms with Gasteiger partial charge in [-0.3, -0.25) is 4.79 Å². The fraction of sp³-hybridized carbons (Fsp3) is 0.667. The second-order valence-corrected chi connectivity index (χ2v) is 6.86. The second kappa shape index (κ2) is 14.9. The van der Waals surface area contributed by atoms with Crippen molar-refractivity contribution in [2.24, 2.45) is 0 Å². The number of carboxylic acids is 1. The summed E-state index contributed by atoms with van der Waals surface area (Å²) in [5, 5.41) is 28.5. The first kappa shape index (κ1) is 23.6. The molecule has 0 radical (unpaired) electrons. The second-order valence-electron chi connectivity index (χ2n) is 6.86. The fourth-order valence-electron chi connectivity index (χ4n) is 2.49. The average Bonchev–Trinajstić information content (AvgIpc) is 2.53. The average molecular weight is 353 g/mol. The van der Waals surface area contributed by atoms with E-state index in [1.54, 1.807) is 24.3 Å². The molecule has 0 spiro atoms. The Morgan fingerprint density at radius 2 is 1.64 bits per heavy atom. The molecule has 0 amide bonds. The van der Waals surface area contributed by atoms with Crippen LogP contribution in [0.1, 0.15) is 78.1 Å². The molecule has 2 atom stereocenters. The zero-order valence-corrected chi connectivity index (χ0v) is 15.9. The number of hydrogen-bond acceptors (Lipinski definition) is 3. The number of unbranched alkanes of at least 4 members (excludes halogenated alkanes) is 5. The predicted molar refractivity (Wildman–Crippen MR) is 104 cm³/mol. The van der Waals surface area contributed by atoms with E-state index in [9.17, 15) is 15.0 Å². The molecule has 0 aliphatic rings. The number of rotatable bonds is 15. The van der Waals surface area contributed by atoms with Crippen LogP contribution in [0.3, 0.4) is 0 Å². The van der Waals surface area contributed by atoms with Gasteiger partial charge in [0.15, 0.2) is 0 Å². The molecule has 0 aromatic carbocycles. The number of aliphatic carboxylic acids is 1. The summed E-state index contributed by atoms with van der Waals surface area (Å²) < 4.78 is 0. The van der Waals surface area contributed by atoms with Crippen LogP contribution >= 0.6 is 0 Å². The van der Waals surface area contributed by atoms with E-state index in [1.165, 1.54) is 32.1 Å². The first-order valence-electron chi connectivity index (χ1n) is 9.52. The van der Waals surface area contributed by atoms with Crippen molar-refractivity contribution in [1.82, 2.24) is 0 Å². The van der Waals surface area contributed by atoms with Crippen molar-refractivity contribution in [2.45, 2.75) is 89.8 Å². The minimum atomic E-state index is -0.839. The molecule has 4 nitrogen and oxygen atoms in total. The van der Waals surface area contributed by atoms with Crippen LogP contribution in [0, 0.1) is 0 Å². The van der Waals surface area contributed by atoms with Crippen LogP contribution in [0.2, 0.25) is 0 Å². The lowest BCUT2D eigenvalue weighted by molar-refractivity contribution is -0.137. The Morgan fingerprint density at radius 3 is 2.32 bits per heavy atom. The smallest absolute Gasteiger partial charge is 0.303 e. The first-order chi connectivity index (χ1) is 11.9. The van der Waals surface area contributed by atoms with Gasteiger partial charge in [0.25, 0.3) is 0 Å². The summed E-state index contributed by atoms with van der Waals surface area (Å²) in [6.45, 7) is 4.03. The normalized spacial score (nSPS) is 16.0. The van der Waals surface area contributed by atoms with E-state index in [2.05, 4.69) is 6.92 Å². The highest BCUT2D eigenvalue weighted by molar-refractivity contribution is 5.66. The van der Waals surface area contributed by atoms with Gasteiger partial charge in [0.05, 0.1) is 11.7 Å². The molecule has 4 heteroatoms. The Hall–Kier alpha value is -1.39. The molecule has 0 aromatic rings. The quantitative estimate of drug-likeness (QED) is 0.293. The molecule has 0 saturated heterocycles. The van der Waals surface area contributed by atoms with Gasteiger partial charge in [-0.15, -0.1) is 0 Å². The van der Waals surface area contributed by atoms with Gasteiger partial charge in [0, 0.05) is 6.42 Å². The Bertz CT molecular complexity index is 422. The van der Waals surface area contributed by atoms with Gasteiger partial charge in [-0.2, -0.15) is 0 Å². The number of allylic oxidation sites excluding steroid dienone is 4. The van der Waals surface area contributed by atoms with Crippen molar-refractivity contribution in [2.75, 3.05) is 0 Å². The van der Waals surface area contributed by atoms with E-state index in [0.717, 1.165) is 12.8 Å². The van der Waals surface area contributed by atoms with Crippen LogP contribution in [0.15, 0.2) is 36.5 Å². The maximum Gasteiger partial charge on any atom is 0.303 e. The third-order valence-corrected chi connectivity index (χ3v) is 4.05. The summed E-state index contributed by atoms with van der Waals surface area (Å²) in [5.41, 5.74) is -0.783. The maximum atomic E-state index is 10.4. The topological polar surface area (TPSA) is 77.8 Å². The molecule has 0 fully saturated rings. The van der Waals surface area contributed by atoms with Crippen LogP contribution in [0.25, 0.3) is 0 Å². The van der Waals surface area contributed by atoms with Crippen molar-refractivity contribution in [3.8, 4) is 0 Å². The summed E-state index contributed by atoms with van der Waals surface area (Å²) >= 11 is 0. The molecule has 0 saturated carbocycles. The fourth-order valence-corrected chi connectivity index (χ4v) is 2.49. The standard InChI is InChI=1S/C21H36O4/c1-3-4-5-6-8-11-17-21(2,25)18-12-9-7-10-14-19(22)15-13-16-20(23)24/h7,9-10,12,14,18-19,22,25H,3-6,8,11,13,15-17H2,1-2H3,(H,23,24)/b9-7+,14-10-,18-12+/t19-,21+/m1/s1. The number of hydrogen-bond donors (Lipinski definition) is 3. The van der Waals surface area contributed by atoms with Crippen LogP contribution in [0.5, 0.6) is 0 Å². The van der Waals surface area contributed by atoms with Crippen LogP contribution < -0.4 is 0 Å². The van der Waals surface area contributed by atoms with Crippen LogP contribution in [-0.4, -0.2) is 33.0 Å². The number of aliphatic hydroxyl groups excluding tert-OH is 1. The van der Waals surface area contributed by atoms with E-state index in [0.29, 0.717) is 12.8 Å². The summed E-state index contributed by atoms with van der Waals surface area (Å²) in [6.07, 6.45) is 19.0. The molecule has 0 rings (SSSR count). The third kappa shape index (κ3) is 17.2. The monoisotopic (exact) mass is 352 g/mol. The van der Waals surface area contributed by atoms with E-state index >= 15 is 0 Å². The van der Waals surface area contributed by atoms with Crippen molar-refractivity contribution < 1.29 is 20.1 Å². The highest BCUT2D eigenvalue weighted by Gasteiger charge is 2.14. The lowest BCUT2D eigenvalue weighted by Gasteiger charge is -2.18. The SMILES string of the molecule is CCCCCCCC[C@](C)(O)/C=C/C=C/C=C\[C@@H](O)CCCC(=O)O. The molecular weight excluding hydrogens is 316 g/mol. The van der Waals surface area contributed by atoms with Gasteiger partial charge < -0.3 is 15.3 Å². The summed E-state index contributed by atoms with van der Waals surface area (Å²) in [5.74, 6) is -0.839. The molecule has 0 unspecified atom stereocenters. The minimum absolute atomic E-state index is 0.0805. The molecule has 0 aliphatic carbocycles. The predicted octanol–water partition coefficient (Wildman–Crippen LogP) is 4.77. The molecule has 25 heavy (non-hydrogen) atoms. The van der Waals surface area contributed by atoms with Gasteiger partial charge in [0.2, 0.25) is 0 Å². The molecule has 3 N–H and O–H groups in total. The molecule has 144 valence electrons. The molecule has 0 aromatic heterocycles. The number of carboxylic acid groups (broad SMARTS) is 1. The Morgan fingerprint density at radius 1 is 1.00 bits per heavy atom. The Labute approximate surface area is 153 Å². The van der Waals surface area contributed by atoms with Crippen LogP contribution in [-0.2, 0) is 4.79 Å². The van der Waals surface area contributed by atoms with Gasteiger partial charge in [-0.05, 0) is 26.2 Å². The highest BCUT2D eigenvalue weighted by Crippen LogP contribution is 2.17. The lowest BCUT2D eigenvalue weighted by atomic mass is 9.97. The van der Waals surface area contributed by atoms with E-state index in [-0.39, 0.29) is 6.42 Å². The van der Waals surface area contributed by atoms with Gasteiger partial charge in [-0.1, -0.05) is 81.9 Å². The van der Waals surface area contributed by atoms with E-state index in [1.807, 2.05) is 19.1 Å². The minimum Gasteiger partial charge on any atom is -0.481 e. The summed E-state index contributed by atoms with van der Waals surface area (Å²) in [7, 11) is 0. The third-order valence-electron chi connectivity index (χ3n) is 4.05.